The summed E-state index contributed by atoms with van der Waals surface area (Å²) < 4.78 is 27.6. The lowest BCUT2D eigenvalue weighted by Gasteiger charge is -2.34. The number of carboxylic acids is 1. The summed E-state index contributed by atoms with van der Waals surface area (Å²) in [6.07, 6.45) is 0.350. The first-order chi connectivity index (χ1) is 9.11. The number of carbonyl (C=O) groups is 2. The molecule has 0 spiro atoms. The minimum atomic E-state index is -3.94. The van der Waals surface area contributed by atoms with E-state index in [-0.39, 0.29) is 11.8 Å². The van der Waals surface area contributed by atoms with Gasteiger partial charge < -0.3 is 10.8 Å². The molecular formula is C11H21N3O5S. The normalized spacial score (nSPS) is 26.1. The largest absolute Gasteiger partial charge is 0.480 e. The van der Waals surface area contributed by atoms with Crippen molar-refractivity contribution >= 4 is 22.1 Å². The molecule has 2 unspecified atom stereocenters. The minimum absolute atomic E-state index is 0.203. The number of carboxylic acid groups (broad SMARTS) is 1. The van der Waals surface area contributed by atoms with Crippen LogP contribution < -0.4 is 10.5 Å². The molecule has 1 amide bonds. The Kier molecular flexibility index (Phi) is 5.49. The van der Waals surface area contributed by atoms with Gasteiger partial charge in [0.25, 0.3) is 10.2 Å². The number of amides is 1. The molecule has 0 saturated carbocycles. The highest BCUT2D eigenvalue weighted by Crippen LogP contribution is 2.22. The molecule has 116 valence electrons. The monoisotopic (exact) mass is 307 g/mol. The van der Waals surface area contributed by atoms with Crippen LogP contribution in [0.25, 0.3) is 0 Å². The third-order valence-corrected chi connectivity index (χ3v) is 4.73. The molecule has 1 saturated heterocycles. The Balaban J connectivity index is 2.81. The maximum absolute atomic E-state index is 12.2. The Morgan fingerprint density at radius 2 is 1.85 bits per heavy atom. The van der Waals surface area contributed by atoms with Crippen LogP contribution in [-0.4, -0.2) is 48.8 Å². The summed E-state index contributed by atoms with van der Waals surface area (Å²) in [5.74, 6) is -1.89. The van der Waals surface area contributed by atoms with Gasteiger partial charge in [-0.1, -0.05) is 13.8 Å². The second-order valence-corrected chi connectivity index (χ2v) is 7.15. The third kappa shape index (κ3) is 4.73. The van der Waals surface area contributed by atoms with Crippen molar-refractivity contribution in [1.82, 2.24) is 9.03 Å². The van der Waals surface area contributed by atoms with E-state index in [1.54, 1.807) is 0 Å². The fraction of sp³-hybridized carbons (Fsp3) is 0.818. The summed E-state index contributed by atoms with van der Waals surface area (Å²) in [6.45, 7) is 4.55. The van der Waals surface area contributed by atoms with Crippen LogP contribution in [0.2, 0.25) is 0 Å². The Hall–Kier alpha value is -1.19. The van der Waals surface area contributed by atoms with Gasteiger partial charge in [0.15, 0.2) is 0 Å². The number of nitrogens with zero attached hydrogens (tertiary/aromatic N) is 1. The number of piperidine rings is 1. The summed E-state index contributed by atoms with van der Waals surface area (Å²) >= 11 is 0. The average Bonchev–Trinajstić information content (AvgIpc) is 2.25. The molecule has 9 heteroatoms. The lowest BCUT2D eigenvalue weighted by molar-refractivity contribution is -0.140. The lowest BCUT2D eigenvalue weighted by atomic mass is 9.94. The van der Waals surface area contributed by atoms with Crippen molar-refractivity contribution in [1.29, 1.82) is 0 Å². The Bertz CT molecular complexity index is 468. The van der Waals surface area contributed by atoms with Crippen LogP contribution in [0.15, 0.2) is 0 Å². The molecule has 0 aromatic heterocycles. The standard InChI is InChI=1S/C11H21N3O5S/c1-7-3-8(2)6-14(5-7)20(18,19)13-9(11(16)17)4-10(12)15/h7-9,13H,3-6H2,1-2H3,(H2,12,15)(H,16,17)/t7?,8?,9-/m0/s1. The molecule has 0 aromatic carbocycles. The van der Waals surface area contributed by atoms with Crippen molar-refractivity contribution in [3.63, 3.8) is 0 Å². The van der Waals surface area contributed by atoms with Crippen molar-refractivity contribution in [2.24, 2.45) is 17.6 Å². The Labute approximate surface area is 118 Å². The molecule has 0 aromatic rings. The van der Waals surface area contributed by atoms with Gasteiger partial charge >= 0.3 is 5.97 Å². The van der Waals surface area contributed by atoms with Crippen LogP contribution in [0, 0.1) is 11.8 Å². The maximum Gasteiger partial charge on any atom is 0.322 e. The molecule has 4 N–H and O–H groups in total. The first-order valence-corrected chi connectivity index (χ1v) is 7.84. The van der Waals surface area contributed by atoms with Gasteiger partial charge in [0, 0.05) is 13.1 Å². The average molecular weight is 307 g/mol. The van der Waals surface area contributed by atoms with Crippen LogP contribution in [0.1, 0.15) is 26.7 Å². The SMILES string of the molecule is CC1CC(C)CN(S(=O)(=O)N[C@@H](CC(N)=O)C(=O)O)C1. The van der Waals surface area contributed by atoms with Gasteiger partial charge in [-0.25, -0.2) is 0 Å². The molecule has 3 atom stereocenters. The van der Waals surface area contributed by atoms with Gasteiger partial charge in [0.05, 0.1) is 6.42 Å². The zero-order valence-corrected chi connectivity index (χ0v) is 12.4. The molecule has 1 aliphatic heterocycles. The lowest BCUT2D eigenvalue weighted by Crippen LogP contribution is -2.53. The molecule has 0 radical (unpaired) electrons. The highest BCUT2D eigenvalue weighted by Gasteiger charge is 2.34. The zero-order chi connectivity index (χ0) is 15.5. The fourth-order valence-electron chi connectivity index (χ4n) is 2.44. The van der Waals surface area contributed by atoms with Crippen molar-refractivity contribution < 1.29 is 23.1 Å². The van der Waals surface area contributed by atoms with Gasteiger partial charge in [-0.15, -0.1) is 0 Å². The summed E-state index contributed by atoms with van der Waals surface area (Å²) in [4.78, 5) is 21.8. The van der Waals surface area contributed by atoms with Crippen molar-refractivity contribution in [3.05, 3.63) is 0 Å². The van der Waals surface area contributed by atoms with E-state index in [2.05, 4.69) is 0 Å². The number of hydrogen-bond donors (Lipinski definition) is 3. The predicted molar refractivity (Wildman–Crippen MR) is 71.8 cm³/mol. The molecule has 0 bridgehead atoms. The van der Waals surface area contributed by atoms with Gasteiger partial charge in [-0.3, -0.25) is 9.59 Å². The van der Waals surface area contributed by atoms with Crippen LogP contribution in [0.3, 0.4) is 0 Å². The second-order valence-electron chi connectivity index (χ2n) is 5.45. The molecule has 1 heterocycles. The molecule has 1 aliphatic rings. The van der Waals surface area contributed by atoms with Crippen LogP contribution in [0.5, 0.6) is 0 Å². The number of aliphatic carboxylic acids is 1. The molecule has 1 rings (SSSR count). The van der Waals surface area contributed by atoms with E-state index in [0.717, 1.165) is 6.42 Å². The summed E-state index contributed by atoms with van der Waals surface area (Å²) in [7, 11) is -3.94. The number of nitrogens with two attached hydrogens (primary N) is 1. The van der Waals surface area contributed by atoms with E-state index < -0.39 is 34.5 Å². The Morgan fingerprint density at radius 1 is 1.35 bits per heavy atom. The summed E-state index contributed by atoms with van der Waals surface area (Å²) in [5, 5.41) is 8.93. The highest BCUT2D eigenvalue weighted by atomic mass is 32.2. The number of carbonyl (C=O) groups excluding carboxylic acids is 1. The maximum atomic E-state index is 12.2. The van der Waals surface area contributed by atoms with Gasteiger partial charge in [-0.2, -0.15) is 17.4 Å². The number of primary amides is 1. The first kappa shape index (κ1) is 16.9. The topological polar surface area (TPSA) is 130 Å². The van der Waals surface area contributed by atoms with E-state index in [4.69, 9.17) is 10.8 Å². The quantitative estimate of drug-likeness (QED) is 0.587. The van der Waals surface area contributed by atoms with Crippen molar-refractivity contribution in [3.8, 4) is 0 Å². The first-order valence-electron chi connectivity index (χ1n) is 6.40. The van der Waals surface area contributed by atoms with Crippen molar-refractivity contribution in [2.75, 3.05) is 13.1 Å². The number of rotatable bonds is 6. The molecular weight excluding hydrogens is 286 g/mol. The minimum Gasteiger partial charge on any atom is -0.480 e. The van der Waals surface area contributed by atoms with Gasteiger partial charge in [-0.05, 0) is 18.3 Å². The summed E-state index contributed by atoms with van der Waals surface area (Å²) in [5.41, 5.74) is 4.92. The number of hydrogen-bond acceptors (Lipinski definition) is 4. The highest BCUT2D eigenvalue weighted by molar-refractivity contribution is 7.87. The summed E-state index contributed by atoms with van der Waals surface area (Å²) in [6, 6.07) is -1.54. The smallest absolute Gasteiger partial charge is 0.322 e. The molecule has 20 heavy (non-hydrogen) atoms. The van der Waals surface area contributed by atoms with E-state index in [1.807, 2.05) is 18.6 Å². The van der Waals surface area contributed by atoms with Gasteiger partial charge in [0.1, 0.15) is 6.04 Å². The van der Waals surface area contributed by atoms with Crippen LogP contribution in [0.4, 0.5) is 0 Å². The Morgan fingerprint density at radius 3 is 2.25 bits per heavy atom. The van der Waals surface area contributed by atoms with E-state index >= 15 is 0 Å². The van der Waals surface area contributed by atoms with Gasteiger partial charge in [0.2, 0.25) is 5.91 Å². The van der Waals surface area contributed by atoms with Crippen molar-refractivity contribution in [2.45, 2.75) is 32.7 Å². The number of nitrogens with one attached hydrogen (secondary N) is 1. The van der Waals surface area contributed by atoms with Crippen LogP contribution >= 0.6 is 0 Å². The predicted octanol–water partition coefficient (Wildman–Crippen LogP) is -0.873. The van der Waals surface area contributed by atoms with E-state index in [1.165, 1.54) is 4.31 Å². The second kappa shape index (κ2) is 6.51. The van der Waals surface area contributed by atoms with E-state index in [9.17, 15) is 18.0 Å². The molecule has 1 fully saturated rings. The van der Waals surface area contributed by atoms with E-state index in [0.29, 0.717) is 13.1 Å². The zero-order valence-electron chi connectivity index (χ0n) is 11.6. The molecule has 8 nitrogen and oxygen atoms in total. The molecule has 0 aliphatic carbocycles. The fourth-order valence-corrected chi connectivity index (χ4v) is 4.03. The third-order valence-electron chi connectivity index (χ3n) is 3.17. The van der Waals surface area contributed by atoms with Crippen LogP contribution in [-0.2, 0) is 19.8 Å².